The van der Waals surface area contributed by atoms with Crippen LogP contribution >= 0.6 is 0 Å². The van der Waals surface area contributed by atoms with E-state index in [0.717, 1.165) is 39.3 Å². The topological polar surface area (TPSA) is 61.6 Å². The second kappa shape index (κ2) is 5.07. The molecule has 1 unspecified atom stereocenters. The lowest BCUT2D eigenvalue weighted by Crippen LogP contribution is -2.52. The highest BCUT2D eigenvalue weighted by molar-refractivity contribution is 5.92. The summed E-state index contributed by atoms with van der Waals surface area (Å²) in [4.78, 5) is 16.4. The van der Waals surface area contributed by atoms with Crippen molar-refractivity contribution in [3.05, 3.63) is 18.0 Å². The number of hydrogen-bond donors (Lipinski definition) is 1. The van der Waals surface area contributed by atoms with E-state index in [0.29, 0.717) is 11.7 Å². The quantitative estimate of drug-likeness (QED) is 0.787. The molecule has 1 N–H and O–H groups in total. The van der Waals surface area contributed by atoms with E-state index in [1.807, 2.05) is 4.90 Å². The molecule has 6 nitrogen and oxygen atoms in total. The Kier molecular flexibility index (Phi) is 3.29. The number of nitrogens with one attached hydrogen (secondary N) is 1. The predicted molar refractivity (Wildman–Crippen MR) is 65.3 cm³/mol. The number of carbonyl (C=O) groups is 1. The van der Waals surface area contributed by atoms with E-state index in [4.69, 9.17) is 4.52 Å². The molecule has 0 aliphatic carbocycles. The summed E-state index contributed by atoms with van der Waals surface area (Å²) in [6.45, 7) is 5.66. The maximum atomic E-state index is 12.1. The fourth-order valence-electron chi connectivity index (χ4n) is 2.73. The molecule has 0 saturated carbocycles. The monoisotopic (exact) mass is 250 g/mol. The van der Waals surface area contributed by atoms with Gasteiger partial charge in [0.2, 0.25) is 0 Å². The van der Waals surface area contributed by atoms with Crippen molar-refractivity contribution in [3.63, 3.8) is 0 Å². The van der Waals surface area contributed by atoms with E-state index in [2.05, 4.69) is 15.4 Å². The summed E-state index contributed by atoms with van der Waals surface area (Å²) >= 11 is 0. The Morgan fingerprint density at radius 3 is 2.83 bits per heavy atom. The fraction of sp³-hybridized carbons (Fsp3) is 0.667. The standard InChI is InChI=1S/C12H18N4O2/c17-12(11-2-8-18-14-11)16-6-4-15(5-7-16)10-1-3-13-9-10/h2,8,10,13H,1,3-7,9H2. The molecular formula is C12H18N4O2. The third kappa shape index (κ3) is 2.26. The van der Waals surface area contributed by atoms with Crippen LogP contribution in [0.3, 0.4) is 0 Å². The summed E-state index contributed by atoms with van der Waals surface area (Å²) in [5.41, 5.74) is 0.408. The molecule has 6 heteroatoms. The van der Waals surface area contributed by atoms with Crippen molar-refractivity contribution in [1.82, 2.24) is 20.3 Å². The lowest BCUT2D eigenvalue weighted by Gasteiger charge is -2.37. The molecular weight excluding hydrogens is 232 g/mol. The minimum absolute atomic E-state index is 0.0204. The molecule has 18 heavy (non-hydrogen) atoms. The van der Waals surface area contributed by atoms with E-state index in [-0.39, 0.29) is 5.91 Å². The fourth-order valence-corrected chi connectivity index (χ4v) is 2.73. The Morgan fingerprint density at radius 2 is 2.22 bits per heavy atom. The SMILES string of the molecule is O=C(c1ccon1)N1CCN(C2CCNC2)CC1. The summed E-state index contributed by atoms with van der Waals surface area (Å²) < 4.78 is 4.71. The summed E-state index contributed by atoms with van der Waals surface area (Å²) in [5.74, 6) is -0.0204. The van der Waals surface area contributed by atoms with Gasteiger partial charge in [-0.1, -0.05) is 5.16 Å². The molecule has 1 amide bonds. The third-order valence-electron chi connectivity index (χ3n) is 3.81. The maximum Gasteiger partial charge on any atom is 0.276 e. The van der Waals surface area contributed by atoms with E-state index in [1.54, 1.807) is 6.07 Å². The number of hydrogen-bond acceptors (Lipinski definition) is 5. The molecule has 2 aliphatic heterocycles. The van der Waals surface area contributed by atoms with Crippen LogP contribution in [0.5, 0.6) is 0 Å². The zero-order valence-electron chi connectivity index (χ0n) is 10.3. The van der Waals surface area contributed by atoms with Crippen LogP contribution in [0.2, 0.25) is 0 Å². The Morgan fingerprint density at radius 1 is 1.39 bits per heavy atom. The molecule has 3 heterocycles. The largest absolute Gasteiger partial charge is 0.364 e. The number of amides is 1. The van der Waals surface area contributed by atoms with Gasteiger partial charge < -0.3 is 14.7 Å². The van der Waals surface area contributed by atoms with Gasteiger partial charge >= 0.3 is 0 Å². The van der Waals surface area contributed by atoms with Crippen LogP contribution in [0.4, 0.5) is 0 Å². The van der Waals surface area contributed by atoms with Gasteiger partial charge in [-0.15, -0.1) is 0 Å². The molecule has 1 atom stereocenters. The highest BCUT2D eigenvalue weighted by Crippen LogP contribution is 2.13. The molecule has 98 valence electrons. The number of carbonyl (C=O) groups excluding carboxylic acids is 1. The molecule has 0 radical (unpaired) electrons. The highest BCUT2D eigenvalue weighted by atomic mass is 16.5. The summed E-state index contributed by atoms with van der Waals surface area (Å²) in [6, 6.07) is 2.27. The second-order valence-corrected chi connectivity index (χ2v) is 4.86. The van der Waals surface area contributed by atoms with Crippen LogP contribution in [0.1, 0.15) is 16.9 Å². The van der Waals surface area contributed by atoms with Crippen molar-refractivity contribution >= 4 is 5.91 Å². The van der Waals surface area contributed by atoms with Crippen molar-refractivity contribution in [2.24, 2.45) is 0 Å². The summed E-state index contributed by atoms with van der Waals surface area (Å²) in [6.07, 6.45) is 2.66. The summed E-state index contributed by atoms with van der Waals surface area (Å²) in [5, 5.41) is 7.08. The minimum Gasteiger partial charge on any atom is -0.364 e. The first-order chi connectivity index (χ1) is 8.84. The van der Waals surface area contributed by atoms with E-state index < -0.39 is 0 Å². The maximum absolute atomic E-state index is 12.1. The van der Waals surface area contributed by atoms with Gasteiger partial charge in [-0.05, 0) is 13.0 Å². The Labute approximate surface area is 106 Å². The number of rotatable bonds is 2. The van der Waals surface area contributed by atoms with Crippen LogP contribution in [-0.2, 0) is 0 Å². The average molecular weight is 250 g/mol. The van der Waals surface area contributed by atoms with Gasteiger partial charge in [0.05, 0.1) is 0 Å². The second-order valence-electron chi connectivity index (χ2n) is 4.86. The lowest BCUT2D eigenvalue weighted by molar-refractivity contribution is 0.0574. The van der Waals surface area contributed by atoms with E-state index in [9.17, 15) is 4.79 Å². The Balaban J connectivity index is 1.55. The van der Waals surface area contributed by atoms with Gasteiger partial charge in [-0.25, -0.2) is 0 Å². The Hall–Kier alpha value is -1.40. The van der Waals surface area contributed by atoms with Crippen molar-refractivity contribution in [2.75, 3.05) is 39.3 Å². The highest BCUT2D eigenvalue weighted by Gasteiger charge is 2.28. The van der Waals surface area contributed by atoms with Crippen molar-refractivity contribution < 1.29 is 9.32 Å². The minimum atomic E-state index is -0.0204. The van der Waals surface area contributed by atoms with Crippen LogP contribution in [0.15, 0.2) is 16.9 Å². The molecule has 0 spiro atoms. The molecule has 2 aliphatic rings. The third-order valence-corrected chi connectivity index (χ3v) is 3.81. The van der Waals surface area contributed by atoms with Gasteiger partial charge in [0, 0.05) is 44.8 Å². The molecule has 3 rings (SSSR count). The normalized spacial score (nSPS) is 25.6. The number of nitrogens with zero attached hydrogens (tertiary/aromatic N) is 3. The first kappa shape index (κ1) is 11.7. The van der Waals surface area contributed by atoms with Crippen LogP contribution in [0.25, 0.3) is 0 Å². The lowest BCUT2D eigenvalue weighted by atomic mass is 10.2. The molecule has 2 saturated heterocycles. The van der Waals surface area contributed by atoms with Gasteiger partial charge in [-0.2, -0.15) is 0 Å². The van der Waals surface area contributed by atoms with Gasteiger partial charge in [0.25, 0.3) is 5.91 Å². The van der Waals surface area contributed by atoms with Gasteiger partial charge in [-0.3, -0.25) is 9.69 Å². The van der Waals surface area contributed by atoms with Crippen LogP contribution in [0, 0.1) is 0 Å². The summed E-state index contributed by atoms with van der Waals surface area (Å²) in [7, 11) is 0. The van der Waals surface area contributed by atoms with Crippen molar-refractivity contribution in [1.29, 1.82) is 0 Å². The van der Waals surface area contributed by atoms with Crippen LogP contribution < -0.4 is 5.32 Å². The average Bonchev–Trinajstić information content (AvgIpc) is 3.11. The van der Waals surface area contributed by atoms with E-state index in [1.165, 1.54) is 12.7 Å². The van der Waals surface area contributed by atoms with Crippen molar-refractivity contribution in [3.8, 4) is 0 Å². The van der Waals surface area contributed by atoms with E-state index >= 15 is 0 Å². The number of aromatic nitrogens is 1. The smallest absolute Gasteiger partial charge is 0.276 e. The molecule has 0 bridgehead atoms. The molecule has 2 fully saturated rings. The first-order valence-corrected chi connectivity index (χ1v) is 6.49. The van der Waals surface area contributed by atoms with Crippen molar-refractivity contribution in [2.45, 2.75) is 12.5 Å². The molecule has 1 aromatic rings. The van der Waals surface area contributed by atoms with Gasteiger partial charge in [0.15, 0.2) is 5.69 Å². The Bertz CT molecular complexity index is 392. The predicted octanol–water partition coefficient (Wildman–Crippen LogP) is -0.206. The first-order valence-electron chi connectivity index (χ1n) is 6.49. The number of piperazine rings is 1. The van der Waals surface area contributed by atoms with Crippen LogP contribution in [-0.4, -0.2) is 66.2 Å². The molecule has 1 aromatic heterocycles. The zero-order valence-corrected chi connectivity index (χ0v) is 10.3. The molecule has 0 aromatic carbocycles. The zero-order chi connectivity index (χ0) is 12.4. The van der Waals surface area contributed by atoms with Gasteiger partial charge in [0.1, 0.15) is 6.26 Å².